The minimum Gasteiger partial charge on any atom is -0.313 e. The van der Waals surface area contributed by atoms with Crippen molar-refractivity contribution in [1.29, 1.82) is 0 Å². The van der Waals surface area contributed by atoms with E-state index in [1.54, 1.807) is 0 Å². The highest BCUT2D eigenvalue weighted by molar-refractivity contribution is 5.09. The molecule has 2 atom stereocenters. The van der Waals surface area contributed by atoms with Gasteiger partial charge >= 0.3 is 0 Å². The monoisotopic (exact) mass is 250 g/mol. The van der Waals surface area contributed by atoms with E-state index in [1.165, 1.54) is 24.9 Å². The number of hydrogen-bond acceptors (Lipinski definition) is 3. The number of aryl methyl sites for hydroxylation is 1. The van der Waals surface area contributed by atoms with Crippen LogP contribution in [0, 0.1) is 0 Å². The molecule has 0 amide bonds. The Morgan fingerprint density at radius 3 is 2.94 bits per heavy atom. The molecule has 1 fully saturated rings. The van der Waals surface area contributed by atoms with E-state index >= 15 is 0 Å². The zero-order chi connectivity index (χ0) is 13.0. The summed E-state index contributed by atoms with van der Waals surface area (Å²) in [6, 6.07) is 1.13. The summed E-state index contributed by atoms with van der Waals surface area (Å²) < 4.78 is 2.01. The predicted molar refractivity (Wildman–Crippen MR) is 74.6 cm³/mol. The molecule has 2 unspecified atom stereocenters. The lowest BCUT2D eigenvalue weighted by Gasteiger charge is -2.29. The van der Waals surface area contributed by atoms with Gasteiger partial charge in [0.25, 0.3) is 0 Å². The first kappa shape index (κ1) is 13.6. The van der Waals surface area contributed by atoms with Gasteiger partial charge in [-0.2, -0.15) is 5.10 Å². The van der Waals surface area contributed by atoms with E-state index in [1.807, 2.05) is 10.9 Å². The molecule has 1 aromatic heterocycles. The van der Waals surface area contributed by atoms with Gasteiger partial charge < -0.3 is 5.32 Å². The largest absolute Gasteiger partial charge is 0.313 e. The van der Waals surface area contributed by atoms with Crippen molar-refractivity contribution in [3.8, 4) is 0 Å². The zero-order valence-corrected chi connectivity index (χ0v) is 11.9. The standard InChI is InChI=1S/C14H26N4/c1-4-17(11-14-7-6-8-15-14)12(3)13-9-16-18(5-2)10-13/h9-10,12,14-15H,4-8,11H2,1-3H3. The van der Waals surface area contributed by atoms with Gasteiger partial charge in [0.1, 0.15) is 0 Å². The van der Waals surface area contributed by atoms with Gasteiger partial charge in [0.2, 0.25) is 0 Å². The first-order valence-electron chi connectivity index (χ1n) is 7.24. The smallest absolute Gasteiger partial charge is 0.0537 e. The van der Waals surface area contributed by atoms with Gasteiger partial charge in [0.15, 0.2) is 0 Å². The first-order chi connectivity index (χ1) is 8.74. The molecule has 1 aromatic rings. The second-order valence-electron chi connectivity index (χ2n) is 5.19. The predicted octanol–water partition coefficient (Wildman–Crippen LogP) is 2.04. The molecule has 0 bridgehead atoms. The van der Waals surface area contributed by atoms with E-state index < -0.39 is 0 Å². The molecule has 4 heteroatoms. The van der Waals surface area contributed by atoms with Crippen molar-refractivity contribution >= 4 is 0 Å². The molecule has 4 nitrogen and oxygen atoms in total. The Bertz CT molecular complexity index is 354. The molecule has 0 spiro atoms. The van der Waals surface area contributed by atoms with E-state index in [4.69, 9.17) is 0 Å². The summed E-state index contributed by atoms with van der Waals surface area (Å²) in [4.78, 5) is 2.54. The highest BCUT2D eigenvalue weighted by atomic mass is 15.3. The quantitative estimate of drug-likeness (QED) is 0.838. The van der Waals surface area contributed by atoms with Crippen LogP contribution in [0.3, 0.4) is 0 Å². The molecule has 102 valence electrons. The maximum atomic E-state index is 4.38. The summed E-state index contributed by atoms with van der Waals surface area (Å²) in [7, 11) is 0. The van der Waals surface area contributed by atoms with Crippen molar-refractivity contribution in [1.82, 2.24) is 20.0 Å². The topological polar surface area (TPSA) is 33.1 Å². The fraction of sp³-hybridized carbons (Fsp3) is 0.786. The second kappa shape index (κ2) is 6.34. The van der Waals surface area contributed by atoms with Crippen molar-refractivity contribution in [3.63, 3.8) is 0 Å². The van der Waals surface area contributed by atoms with Gasteiger partial charge in [-0.25, -0.2) is 0 Å². The van der Waals surface area contributed by atoms with Gasteiger partial charge in [-0.15, -0.1) is 0 Å². The van der Waals surface area contributed by atoms with Crippen LogP contribution in [0.15, 0.2) is 12.4 Å². The molecular weight excluding hydrogens is 224 g/mol. The molecule has 0 aliphatic carbocycles. The van der Waals surface area contributed by atoms with Crippen molar-refractivity contribution < 1.29 is 0 Å². The number of hydrogen-bond donors (Lipinski definition) is 1. The van der Waals surface area contributed by atoms with Crippen LogP contribution in [0.5, 0.6) is 0 Å². The molecule has 0 radical (unpaired) electrons. The van der Waals surface area contributed by atoms with Crippen LogP contribution in [0.2, 0.25) is 0 Å². The lowest BCUT2D eigenvalue weighted by molar-refractivity contribution is 0.202. The molecule has 1 N–H and O–H groups in total. The Morgan fingerprint density at radius 1 is 1.56 bits per heavy atom. The van der Waals surface area contributed by atoms with Crippen LogP contribution in [0.4, 0.5) is 0 Å². The first-order valence-corrected chi connectivity index (χ1v) is 7.24. The minimum absolute atomic E-state index is 0.456. The second-order valence-corrected chi connectivity index (χ2v) is 5.19. The normalized spacial score (nSPS) is 21.7. The average Bonchev–Trinajstić information content (AvgIpc) is 3.06. The SMILES string of the molecule is CCN(CC1CCCN1)C(C)c1cnn(CC)c1. The van der Waals surface area contributed by atoms with Crippen molar-refractivity contribution in [2.75, 3.05) is 19.6 Å². The molecule has 2 heterocycles. The Morgan fingerprint density at radius 2 is 2.39 bits per heavy atom. The Labute approximate surface area is 110 Å². The van der Waals surface area contributed by atoms with Crippen LogP contribution in [0.25, 0.3) is 0 Å². The van der Waals surface area contributed by atoms with Gasteiger partial charge in [-0.05, 0) is 39.8 Å². The zero-order valence-electron chi connectivity index (χ0n) is 11.9. The summed E-state index contributed by atoms with van der Waals surface area (Å²) in [5, 5.41) is 7.96. The van der Waals surface area contributed by atoms with E-state index in [2.05, 4.69) is 42.3 Å². The van der Waals surface area contributed by atoms with E-state index in [0.29, 0.717) is 12.1 Å². The molecule has 1 saturated heterocycles. The lowest BCUT2D eigenvalue weighted by atomic mass is 10.1. The fourth-order valence-electron chi connectivity index (χ4n) is 2.74. The maximum absolute atomic E-state index is 4.38. The van der Waals surface area contributed by atoms with E-state index in [9.17, 15) is 0 Å². The molecule has 2 rings (SSSR count). The number of nitrogens with one attached hydrogen (secondary N) is 1. The molecule has 1 aliphatic rings. The van der Waals surface area contributed by atoms with Gasteiger partial charge in [0.05, 0.1) is 6.20 Å². The molecule has 1 aliphatic heterocycles. The lowest BCUT2D eigenvalue weighted by Crippen LogP contribution is -2.38. The van der Waals surface area contributed by atoms with Crippen molar-refractivity contribution in [3.05, 3.63) is 18.0 Å². The van der Waals surface area contributed by atoms with Crippen LogP contribution < -0.4 is 5.32 Å². The highest BCUT2D eigenvalue weighted by Crippen LogP contribution is 2.20. The molecule has 0 aromatic carbocycles. The summed E-state index contributed by atoms with van der Waals surface area (Å²) in [5.41, 5.74) is 1.33. The van der Waals surface area contributed by atoms with Crippen LogP contribution in [0.1, 0.15) is 45.2 Å². The Balaban J connectivity index is 1.97. The van der Waals surface area contributed by atoms with Crippen LogP contribution >= 0.6 is 0 Å². The Hall–Kier alpha value is -0.870. The fourth-order valence-corrected chi connectivity index (χ4v) is 2.74. The summed E-state index contributed by atoms with van der Waals surface area (Å²) in [6.07, 6.45) is 6.83. The van der Waals surface area contributed by atoms with Crippen molar-refractivity contribution in [2.45, 2.75) is 52.2 Å². The van der Waals surface area contributed by atoms with Crippen LogP contribution in [-0.4, -0.2) is 40.4 Å². The minimum atomic E-state index is 0.456. The number of likely N-dealkylation sites (N-methyl/N-ethyl adjacent to an activating group) is 1. The van der Waals surface area contributed by atoms with E-state index in [0.717, 1.165) is 19.6 Å². The summed E-state index contributed by atoms with van der Waals surface area (Å²) >= 11 is 0. The number of rotatable bonds is 6. The summed E-state index contributed by atoms with van der Waals surface area (Å²) in [5.74, 6) is 0. The van der Waals surface area contributed by atoms with Crippen molar-refractivity contribution in [2.24, 2.45) is 0 Å². The third-order valence-electron chi connectivity index (χ3n) is 4.03. The average molecular weight is 250 g/mol. The van der Waals surface area contributed by atoms with Gasteiger partial charge in [0, 0.05) is 36.9 Å². The molecule has 0 saturated carbocycles. The number of aromatic nitrogens is 2. The Kier molecular flexibility index (Phi) is 4.78. The highest BCUT2D eigenvalue weighted by Gasteiger charge is 2.21. The molecule has 18 heavy (non-hydrogen) atoms. The third-order valence-corrected chi connectivity index (χ3v) is 4.03. The summed E-state index contributed by atoms with van der Waals surface area (Å²) in [6.45, 7) is 11.0. The third kappa shape index (κ3) is 3.12. The number of nitrogens with zero attached hydrogens (tertiary/aromatic N) is 3. The van der Waals surface area contributed by atoms with Gasteiger partial charge in [-0.3, -0.25) is 9.58 Å². The van der Waals surface area contributed by atoms with Crippen LogP contribution in [-0.2, 0) is 6.54 Å². The van der Waals surface area contributed by atoms with E-state index in [-0.39, 0.29) is 0 Å². The molecular formula is C14H26N4. The maximum Gasteiger partial charge on any atom is 0.0537 e. The van der Waals surface area contributed by atoms with Gasteiger partial charge in [-0.1, -0.05) is 6.92 Å².